The minimum absolute atomic E-state index is 0.110. The van der Waals surface area contributed by atoms with Crippen LogP contribution < -0.4 is 0 Å². The monoisotopic (exact) mass is 491 g/mol. The molecule has 186 valence electrons. The summed E-state index contributed by atoms with van der Waals surface area (Å²) in [4.78, 5) is 36.3. The number of thiophene rings is 1. The minimum atomic E-state index is -0.324. The summed E-state index contributed by atoms with van der Waals surface area (Å²) < 4.78 is 0. The highest BCUT2D eigenvalue weighted by Crippen LogP contribution is 2.48. The van der Waals surface area contributed by atoms with Crippen molar-refractivity contribution in [3.05, 3.63) is 57.8 Å². The Labute approximate surface area is 213 Å². The molecule has 0 bridgehead atoms. The van der Waals surface area contributed by atoms with E-state index < -0.39 is 0 Å². The molecule has 1 aromatic carbocycles. The molecular weight excluding hydrogens is 454 g/mol. The van der Waals surface area contributed by atoms with Crippen LogP contribution in [0.3, 0.4) is 0 Å². The van der Waals surface area contributed by atoms with Gasteiger partial charge in [-0.15, -0.1) is 11.3 Å². The van der Waals surface area contributed by atoms with E-state index in [1.807, 2.05) is 24.3 Å². The van der Waals surface area contributed by atoms with Crippen LogP contribution in [-0.4, -0.2) is 64.8 Å². The van der Waals surface area contributed by atoms with E-state index in [0.29, 0.717) is 6.04 Å². The molecule has 6 heteroatoms. The van der Waals surface area contributed by atoms with Crippen molar-refractivity contribution in [3.8, 4) is 0 Å². The fourth-order valence-electron chi connectivity index (χ4n) is 7.10. The molecule has 4 heterocycles. The van der Waals surface area contributed by atoms with Crippen LogP contribution in [0, 0.1) is 0 Å². The molecular formula is C29H37N3O2S. The molecule has 3 aliphatic heterocycles. The summed E-state index contributed by atoms with van der Waals surface area (Å²) in [6.45, 7) is 4.08. The van der Waals surface area contributed by atoms with Crippen LogP contribution in [0.4, 0.5) is 0 Å². The Morgan fingerprint density at radius 2 is 1.54 bits per heavy atom. The van der Waals surface area contributed by atoms with E-state index in [9.17, 15) is 9.59 Å². The normalized spacial score (nSPS) is 26.8. The molecule has 6 rings (SSSR count). The van der Waals surface area contributed by atoms with Crippen LogP contribution in [0.5, 0.6) is 0 Å². The Morgan fingerprint density at radius 1 is 0.800 bits per heavy atom. The smallest absolute Gasteiger partial charge is 0.254 e. The number of likely N-dealkylation sites (tertiary alicyclic amines) is 2. The summed E-state index contributed by atoms with van der Waals surface area (Å²) in [5, 5.41) is 2.08. The zero-order valence-electron chi connectivity index (χ0n) is 20.6. The molecule has 1 aliphatic carbocycles. The number of fused-ring (bicyclic) bond motifs is 1. The van der Waals surface area contributed by atoms with Gasteiger partial charge in [0.1, 0.15) is 0 Å². The van der Waals surface area contributed by atoms with Crippen LogP contribution >= 0.6 is 11.3 Å². The number of carbonyl (C=O) groups is 2. The van der Waals surface area contributed by atoms with Crippen molar-refractivity contribution in [1.82, 2.24) is 14.7 Å². The van der Waals surface area contributed by atoms with Gasteiger partial charge in [0.05, 0.1) is 12.0 Å². The van der Waals surface area contributed by atoms with Crippen LogP contribution in [0.2, 0.25) is 0 Å². The lowest BCUT2D eigenvalue weighted by Crippen LogP contribution is -2.53. The first-order valence-corrected chi connectivity index (χ1v) is 14.6. The second kappa shape index (κ2) is 10.1. The van der Waals surface area contributed by atoms with E-state index in [-0.39, 0.29) is 29.8 Å². The number of amides is 2. The molecule has 2 saturated heterocycles. The van der Waals surface area contributed by atoms with Gasteiger partial charge >= 0.3 is 0 Å². The Morgan fingerprint density at radius 3 is 2.26 bits per heavy atom. The average Bonchev–Trinajstić information content (AvgIpc) is 3.64. The molecule has 0 unspecified atom stereocenters. The van der Waals surface area contributed by atoms with Crippen molar-refractivity contribution >= 4 is 23.2 Å². The molecule has 4 aliphatic rings. The number of hydrogen-bond donors (Lipinski definition) is 0. The maximum absolute atomic E-state index is 14.4. The predicted molar refractivity (Wildman–Crippen MR) is 140 cm³/mol. The van der Waals surface area contributed by atoms with Crippen molar-refractivity contribution in [2.24, 2.45) is 0 Å². The zero-order valence-corrected chi connectivity index (χ0v) is 21.4. The van der Waals surface area contributed by atoms with Crippen molar-refractivity contribution < 1.29 is 9.59 Å². The topological polar surface area (TPSA) is 43.9 Å². The summed E-state index contributed by atoms with van der Waals surface area (Å²) in [7, 11) is 0. The Balaban J connectivity index is 1.32. The molecule has 2 aromatic rings. The highest BCUT2D eigenvalue weighted by Gasteiger charge is 2.48. The van der Waals surface area contributed by atoms with Gasteiger partial charge < -0.3 is 14.7 Å². The fraction of sp³-hybridized carbons (Fsp3) is 0.586. The molecule has 2 amide bonds. The van der Waals surface area contributed by atoms with Gasteiger partial charge in [0.25, 0.3) is 5.91 Å². The highest BCUT2D eigenvalue weighted by atomic mass is 32.1. The van der Waals surface area contributed by atoms with Crippen LogP contribution in [0.1, 0.15) is 90.5 Å². The lowest BCUT2D eigenvalue weighted by molar-refractivity contribution is -0.136. The molecule has 0 spiro atoms. The maximum atomic E-state index is 14.4. The molecule has 35 heavy (non-hydrogen) atoms. The first-order chi connectivity index (χ1) is 17.2. The Hall–Kier alpha value is -2.18. The molecule has 3 fully saturated rings. The van der Waals surface area contributed by atoms with E-state index in [1.54, 1.807) is 11.3 Å². The first-order valence-electron chi connectivity index (χ1n) is 13.7. The van der Waals surface area contributed by atoms with E-state index >= 15 is 0 Å². The van der Waals surface area contributed by atoms with Crippen molar-refractivity contribution in [1.29, 1.82) is 0 Å². The molecule has 1 aromatic heterocycles. The minimum Gasteiger partial charge on any atom is -0.342 e. The van der Waals surface area contributed by atoms with Gasteiger partial charge in [-0.3, -0.25) is 9.59 Å². The van der Waals surface area contributed by atoms with Gasteiger partial charge in [-0.25, -0.2) is 0 Å². The third kappa shape index (κ3) is 4.33. The molecule has 0 radical (unpaired) electrons. The zero-order chi connectivity index (χ0) is 23.8. The van der Waals surface area contributed by atoms with Crippen molar-refractivity contribution in [2.45, 2.75) is 81.8 Å². The quantitative estimate of drug-likeness (QED) is 0.571. The molecule has 5 nitrogen and oxygen atoms in total. The third-order valence-corrected chi connectivity index (χ3v) is 9.82. The molecule has 1 saturated carbocycles. The lowest BCUT2D eigenvalue weighted by Gasteiger charge is -2.46. The van der Waals surface area contributed by atoms with E-state index in [0.717, 1.165) is 67.6 Å². The lowest BCUT2D eigenvalue weighted by atomic mass is 9.80. The third-order valence-electron chi connectivity index (χ3n) is 8.88. The number of piperidine rings is 2. The summed E-state index contributed by atoms with van der Waals surface area (Å²) in [5.41, 5.74) is 1.65. The average molecular weight is 492 g/mol. The maximum Gasteiger partial charge on any atom is 0.254 e. The summed E-state index contributed by atoms with van der Waals surface area (Å²) >= 11 is 1.68. The first kappa shape index (κ1) is 23.2. The second-order valence-corrected chi connectivity index (χ2v) is 11.8. The molecule has 2 atom stereocenters. The van der Waals surface area contributed by atoms with Gasteiger partial charge in [0, 0.05) is 35.6 Å². The van der Waals surface area contributed by atoms with Gasteiger partial charge in [0.15, 0.2) is 0 Å². The molecule has 0 N–H and O–H groups in total. The Bertz CT molecular complexity index is 1030. The van der Waals surface area contributed by atoms with E-state index in [4.69, 9.17) is 0 Å². The van der Waals surface area contributed by atoms with Gasteiger partial charge in [-0.05, 0) is 74.7 Å². The standard InChI is InChI=1S/C29H37N3O2S/c33-28-24-12-5-4-11-23(24)26(27(25-13-8-20-35-25)32(28)22-9-2-3-10-22)29(34)31-18-14-21(15-19-31)30-16-6-1-7-17-30/h4-5,8,11-13,20-22,26-27H,1-3,6-7,9-10,14-19H2/t26-,27-/m0/s1. The largest absolute Gasteiger partial charge is 0.342 e. The predicted octanol–water partition coefficient (Wildman–Crippen LogP) is 5.45. The highest BCUT2D eigenvalue weighted by molar-refractivity contribution is 7.10. The number of carbonyl (C=O) groups excluding carboxylic acids is 2. The number of hydrogen-bond acceptors (Lipinski definition) is 4. The summed E-state index contributed by atoms with van der Waals surface area (Å²) in [6.07, 6.45) is 10.5. The van der Waals surface area contributed by atoms with E-state index in [1.165, 1.54) is 32.4 Å². The fourth-order valence-corrected chi connectivity index (χ4v) is 7.96. The second-order valence-electron chi connectivity index (χ2n) is 10.8. The van der Waals surface area contributed by atoms with Gasteiger partial charge in [-0.2, -0.15) is 0 Å². The number of rotatable bonds is 4. The van der Waals surface area contributed by atoms with Crippen LogP contribution in [-0.2, 0) is 4.79 Å². The SMILES string of the molecule is O=C([C@H]1c2ccccc2C(=O)N(C2CCCC2)[C@H]1c1cccs1)N1CCC(N2CCCCC2)CC1. The van der Waals surface area contributed by atoms with Gasteiger partial charge in [-0.1, -0.05) is 43.5 Å². The number of benzene rings is 1. The van der Waals surface area contributed by atoms with Crippen molar-refractivity contribution in [2.75, 3.05) is 26.2 Å². The van der Waals surface area contributed by atoms with Crippen molar-refractivity contribution in [3.63, 3.8) is 0 Å². The summed E-state index contributed by atoms with van der Waals surface area (Å²) in [5.74, 6) is -0.00288. The summed E-state index contributed by atoms with van der Waals surface area (Å²) in [6, 6.07) is 12.7. The van der Waals surface area contributed by atoms with Crippen LogP contribution in [0.25, 0.3) is 0 Å². The van der Waals surface area contributed by atoms with E-state index in [2.05, 4.69) is 32.2 Å². The number of nitrogens with zero attached hydrogens (tertiary/aromatic N) is 3. The van der Waals surface area contributed by atoms with Crippen LogP contribution in [0.15, 0.2) is 41.8 Å². The Kier molecular flexibility index (Phi) is 6.68. The van der Waals surface area contributed by atoms with Gasteiger partial charge in [0.2, 0.25) is 5.91 Å².